The molecule has 0 fully saturated rings. The van der Waals surface area contributed by atoms with Crippen molar-refractivity contribution in [3.05, 3.63) is 34.1 Å². The first-order chi connectivity index (χ1) is 7.56. The third-order valence-electron chi connectivity index (χ3n) is 2.17. The summed E-state index contributed by atoms with van der Waals surface area (Å²) in [6.45, 7) is 1.72. The van der Waals surface area contributed by atoms with E-state index in [4.69, 9.17) is 5.11 Å². The van der Waals surface area contributed by atoms with Gasteiger partial charge in [-0.1, -0.05) is 22.9 Å². The fraction of sp³-hybridized carbons (Fsp3) is 0.364. The number of carbonyl (C=O) groups excluding carboxylic acids is 1. The maximum absolute atomic E-state index is 13.0. The van der Waals surface area contributed by atoms with Crippen LogP contribution >= 0.6 is 15.9 Å². The van der Waals surface area contributed by atoms with Crippen molar-refractivity contribution in [3.8, 4) is 0 Å². The molecule has 1 rings (SSSR count). The lowest BCUT2D eigenvalue weighted by Crippen LogP contribution is -2.36. The Morgan fingerprint density at radius 2 is 2.25 bits per heavy atom. The maximum Gasteiger partial charge on any atom is 0.251 e. The Morgan fingerprint density at radius 3 is 2.75 bits per heavy atom. The minimum Gasteiger partial charge on any atom is -0.394 e. The highest BCUT2D eigenvalue weighted by Gasteiger charge is 2.12. The minimum absolute atomic E-state index is 0.126. The van der Waals surface area contributed by atoms with Crippen molar-refractivity contribution in [1.82, 2.24) is 5.32 Å². The molecule has 1 aromatic rings. The molecular formula is C11H13BrFNO2. The fourth-order valence-corrected chi connectivity index (χ4v) is 1.70. The zero-order valence-electron chi connectivity index (χ0n) is 8.84. The number of hydrogen-bond acceptors (Lipinski definition) is 2. The summed E-state index contributed by atoms with van der Waals surface area (Å²) in [7, 11) is 0. The molecule has 0 aliphatic heterocycles. The molecule has 2 N–H and O–H groups in total. The molecule has 3 nitrogen and oxygen atoms in total. The number of halogens is 2. The quantitative estimate of drug-likeness (QED) is 0.892. The monoisotopic (exact) mass is 289 g/mol. The van der Waals surface area contributed by atoms with E-state index in [0.29, 0.717) is 10.9 Å². The molecule has 0 heterocycles. The Bertz CT molecular complexity index is 360. The van der Waals surface area contributed by atoms with E-state index in [2.05, 4.69) is 21.2 Å². The number of rotatable bonds is 4. The van der Waals surface area contributed by atoms with E-state index in [1.807, 2.05) is 6.92 Å². The lowest BCUT2D eigenvalue weighted by molar-refractivity contribution is 0.0914. The lowest BCUT2D eigenvalue weighted by atomic mass is 10.1. The van der Waals surface area contributed by atoms with Crippen molar-refractivity contribution < 1.29 is 14.3 Å². The first-order valence-corrected chi connectivity index (χ1v) is 5.74. The number of hydrogen-bond donors (Lipinski definition) is 2. The molecule has 1 aromatic carbocycles. The van der Waals surface area contributed by atoms with Crippen LogP contribution in [-0.2, 0) is 0 Å². The second kappa shape index (κ2) is 5.96. The van der Waals surface area contributed by atoms with Crippen LogP contribution in [0.2, 0.25) is 0 Å². The van der Waals surface area contributed by atoms with Gasteiger partial charge in [-0.05, 0) is 24.6 Å². The van der Waals surface area contributed by atoms with Gasteiger partial charge in [0, 0.05) is 10.0 Å². The summed E-state index contributed by atoms with van der Waals surface area (Å²) >= 11 is 3.11. The molecule has 1 amide bonds. The summed E-state index contributed by atoms with van der Waals surface area (Å²) < 4.78 is 13.5. The molecule has 0 spiro atoms. The number of benzene rings is 1. The van der Waals surface area contributed by atoms with Gasteiger partial charge in [-0.2, -0.15) is 0 Å². The Morgan fingerprint density at radius 1 is 1.56 bits per heavy atom. The second-order valence-corrected chi connectivity index (χ2v) is 4.34. The Labute approximate surface area is 102 Å². The van der Waals surface area contributed by atoms with Crippen molar-refractivity contribution in [2.45, 2.75) is 19.4 Å². The zero-order valence-corrected chi connectivity index (χ0v) is 10.4. The largest absolute Gasteiger partial charge is 0.394 e. The minimum atomic E-state index is -0.475. The Balaban J connectivity index is 2.80. The standard InChI is InChI=1S/C11H13BrFNO2/c1-2-10(6-15)14-11(16)7-3-8(12)5-9(13)4-7/h3-5,10,15H,2,6H2,1H3,(H,14,16). The van der Waals surface area contributed by atoms with Crippen molar-refractivity contribution >= 4 is 21.8 Å². The Hall–Kier alpha value is -0.940. The van der Waals surface area contributed by atoms with Crippen LogP contribution in [-0.4, -0.2) is 23.7 Å². The molecule has 0 radical (unpaired) electrons. The summed E-state index contributed by atoms with van der Waals surface area (Å²) in [4.78, 5) is 11.7. The maximum atomic E-state index is 13.0. The van der Waals surface area contributed by atoms with Crippen molar-refractivity contribution in [1.29, 1.82) is 0 Å². The molecule has 1 atom stereocenters. The lowest BCUT2D eigenvalue weighted by Gasteiger charge is -2.14. The van der Waals surface area contributed by atoms with Gasteiger partial charge in [-0.15, -0.1) is 0 Å². The molecule has 0 saturated heterocycles. The van der Waals surface area contributed by atoms with Gasteiger partial charge in [0.1, 0.15) is 5.82 Å². The van der Waals surface area contributed by atoms with Crippen LogP contribution in [0.25, 0.3) is 0 Å². The van der Waals surface area contributed by atoms with Crippen LogP contribution in [0.3, 0.4) is 0 Å². The number of aliphatic hydroxyl groups excluding tert-OH is 1. The molecule has 0 aliphatic rings. The van der Waals surface area contributed by atoms with Crippen LogP contribution < -0.4 is 5.32 Å². The highest BCUT2D eigenvalue weighted by molar-refractivity contribution is 9.10. The van der Waals surface area contributed by atoms with E-state index in [1.54, 1.807) is 0 Å². The highest BCUT2D eigenvalue weighted by atomic mass is 79.9. The van der Waals surface area contributed by atoms with Gasteiger partial charge in [0.15, 0.2) is 0 Å². The van der Waals surface area contributed by atoms with Gasteiger partial charge in [0.05, 0.1) is 12.6 Å². The van der Waals surface area contributed by atoms with Crippen LogP contribution in [0.15, 0.2) is 22.7 Å². The first-order valence-electron chi connectivity index (χ1n) is 4.94. The summed E-state index contributed by atoms with van der Waals surface area (Å²) in [5.74, 6) is -0.863. The average Bonchev–Trinajstić information content (AvgIpc) is 2.24. The summed E-state index contributed by atoms with van der Waals surface area (Å²) in [5, 5.41) is 11.5. The topological polar surface area (TPSA) is 49.3 Å². The SMILES string of the molecule is CCC(CO)NC(=O)c1cc(F)cc(Br)c1. The molecule has 0 aromatic heterocycles. The van der Waals surface area contributed by atoms with Gasteiger partial charge in [0.2, 0.25) is 0 Å². The second-order valence-electron chi connectivity index (χ2n) is 3.42. The zero-order chi connectivity index (χ0) is 12.1. The van der Waals surface area contributed by atoms with Crippen LogP contribution in [0.1, 0.15) is 23.7 Å². The molecule has 1 unspecified atom stereocenters. The predicted octanol–water partition coefficient (Wildman–Crippen LogP) is 2.09. The molecule has 5 heteroatoms. The summed E-state index contributed by atoms with van der Waals surface area (Å²) in [6.07, 6.45) is 0.624. The van der Waals surface area contributed by atoms with Crippen molar-refractivity contribution in [3.63, 3.8) is 0 Å². The first kappa shape index (κ1) is 13.1. The smallest absolute Gasteiger partial charge is 0.251 e. The molecule has 0 saturated carbocycles. The van der Waals surface area contributed by atoms with Crippen LogP contribution in [0, 0.1) is 5.82 Å². The predicted molar refractivity (Wildman–Crippen MR) is 62.7 cm³/mol. The third kappa shape index (κ3) is 3.57. The highest BCUT2D eigenvalue weighted by Crippen LogP contribution is 2.15. The van der Waals surface area contributed by atoms with Gasteiger partial charge < -0.3 is 10.4 Å². The van der Waals surface area contributed by atoms with Gasteiger partial charge in [0.25, 0.3) is 5.91 Å². The normalized spacial score (nSPS) is 12.2. The van der Waals surface area contributed by atoms with E-state index >= 15 is 0 Å². The number of nitrogens with one attached hydrogen (secondary N) is 1. The van der Waals surface area contributed by atoms with Crippen molar-refractivity contribution in [2.75, 3.05) is 6.61 Å². The summed E-state index contributed by atoms with van der Waals surface area (Å²) in [6, 6.07) is 3.67. The Kier molecular flexibility index (Phi) is 4.89. The van der Waals surface area contributed by atoms with E-state index in [9.17, 15) is 9.18 Å². The molecular weight excluding hydrogens is 277 g/mol. The van der Waals surface area contributed by atoms with Crippen LogP contribution in [0.5, 0.6) is 0 Å². The summed E-state index contributed by atoms with van der Waals surface area (Å²) in [5.41, 5.74) is 0.235. The molecule has 0 bridgehead atoms. The third-order valence-corrected chi connectivity index (χ3v) is 2.63. The molecule has 16 heavy (non-hydrogen) atoms. The van der Waals surface area contributed by atoms with E-state index in [1.165, 1.54) is 12.1 Å². The van der Waals surface area contributed by atoms with E-state index < -0.39 is 5.82 Å². The number of aliphatic hydroxyl groups is 1. The molecule has 0 aliphatic carbocycles. The number of carbonyl (C=O) groups is 1. The average molecular weight is 290 g/mol. The van der Waals surface area contributed by atoms with Gasteiger partial charge in [-0.25, -0.2) is 4.39 Å². The van der Waals surface area contributed by atoms with Gasteiger partial charge in [-0.3, -0.25) is 4.79 Å². The molecule has 88 valence electrons. The van der Waals surface area contributed by atoms with Crippen molar-refractivity contribution in [2.24, 2.45) is 0 Å². The number of amides is 1. The van der Waals surface area contributed by atoms with E-state index in [-0.39, 0.29) is 24.1 Å². The van der Waals surface area contributed by atoms with Crippen LogP contribution in [0.4, 0.5) is 4.39 Å². The van der Waals surface area contributed by atoms with E-state index in [0.717, 1.165) is 6.07 Å². The fourth-order valence-electron chi connectivity index (χ4n) is 1.23. The van der Waals surface area contributed by atoms with Gasteiger partial charge >= 0.3 is 0 Å².